The molecule has 0 aliphatic carbocycles. The lowest BCUT2D eigenvalue weighted by Crippen LogP contribution is -2.49. The van der Waals surface area contributed by atoms with Crippen LogP contribution in [0.3, 0.4) is 0 Å². The van der Waals surface area contributed by atoms with E-state index < -0.39 is 11.9 Å². The highest BCUT2D eigenvalue weighted by Crippen LogP contribution is 2.24. The fourth-order valence-electron chi connectivity index (χ4n) is 2.01. The summed E-state index contributed by atoms with van der Waals surface area (Å²) in [5, 5.41) is 0. The number of hydrogen-bond donors (Lipinski definition) is 0. The van der Waals surface area contributed by atoms with Gasteiger partial charge in [0.1, 0.15) is 5.60 Å². The zero-order chi connectivity index (χ0) is 14.4. The largest absolute Gasteiger partial charge is 0.366 e. The molecule has 0 amide bonds. The summed E-state index contributed by atoms with van der Waals surface area (Å²) in [6.45, 7) is 6.98. The minimum Gasteiger partial charge on any atom is -0.366 e. The van der Waals surface area contributed by atoms with E-state index in [1.807, 2.05) is 31.2 Å². The Balaban J connectivity index is 1.93. The summed E-state index contributed by atoms with van der Waals surface area (Å²) in [7, 11) is 0. The highest BCUT2D eigenvalue weighted by Gasteiger charge is 2.36. The van der Waals surface area contributed by atoms with E-state index in [1.54, 1.807) is 6.08 Å². The SMILES string of the molecule is C=Cc1ccc(COC2(CC)COC(C=O)OC2)cc1. The Bertz CT molecular complexity index is 444. The van der Waals surface area contributed by atoms with Crippen LogP contribution in [0.2, 0.25) is 0 Å². The first-order valence-electron chi connectivity index (χ1n) is 6.75. The van der Waals surface area contributed by atoms with Gasteiger partial charge in [0.05, 0.1) is 19.8 Å². The number of carbonyl (C=O) groups excluding carboxylic acids is 1. The van der Waals surface area contributed by atoms with Crippen molar-refractivity contribution in [2.45, 2.75) is 31.8 Å². The van der Waals surface area contributed by atoms with Gasteiger partial charge in [-0.25, -0.2) is 0 Å². The molecule has 1 aliphatic rings. The topological polar surface area (TPSA) is 44.8 Å². The maximum absolute atomic E-state index is 10.6. The average Bonchev–Trinajstić information content (AvgIpc) is 2.54. The predicted octanol–water partition coefficient (Wildman–Crippen LogP) is 2.57. The van der Waals surface area contributed by atoms with Gasteiger partial charge < -0.3 is 14.2 Å². The molecular formula is C16H20O4. The van der Waals surface area contributed by atoms with E-state index in [0.717, 1.165) is 17.5 Å². The summed E-state index contributed by atoms with van der Waals surface area (Å²) >= 11 is 0. The molecule has 0 bridgehead atoms. The van der Waals surface area contributed by atoms with Crippen LogP contribution in [0.4, 0.5) is 0 Å². The molecule has 1 aromatic carbocycles. The second kappa shape index (κ2) is 6.79. The molecule has 0 saturated carbocycles. The Morgan fingerprint density at radius 2 is 2.00 bits per heavy atom. The molecule has 0 radical (unpaired) electrons. The van der Waals surface area contributed by atoms with Crippen molar-refractivity contribution in [1.82, 2.24) is 0 Å². The van der Waals surface area contributed by atoms with Gasteiger partial charge in [-0.2, -0.15) is 0 Å². The molecule has 20 heavy (non-hydrogen) atoms. The molecule has 108 valence electrons. The van der Waals surface area contributed by atoms with Gasteiger partial charge in [0, 0.05) is 0 Å². The molecule has 1 aliphatic heterocycles. The average molecular weight is 276 g/mol. The third-order valence-corrected chi connectivity index (χ3v) is 3.54. The van der Waals surface area contributed by atoms with Crippen molar-refractivity contribution in [3.63, 3.8) is 0 Å². The first-order valence-corrected chi connectivity index (χ1v) is 6.75. The molecule has 4 nitrogen and oxygen atoms in total. The van der Waals surface area contributed by atoms with Crippen LogP contribution in [0.5, 0.6) is 0 Å². The Hall–Kier alpha value is -1.49. The summed E-state index contributed by atoms with van der Waals surface area (Å²) < 4.78 is 16.6. The Kier molecular flexibility index (Phi) is 5.06. The first kappa shape index (κ1) is 14.9. The van der Waals surface area contributed by atoms with E-state index in [1.165, 1.54) is 0 Å². The van der Waals surface area contributed by atoms with E-state index in [2.05, 4.69) is 6.58 Å². The van der Waals surface area contributed by atoms with Crippen LogP contribution in [0.1, 0.15) is 24.5 Å². The molecule has 0 unspecified atom stereocenters. The standard InChI is InChI=1S/C16H20O4/c1-3-13-5-7-14(8-6-13)10-20-16(4-2)11-18-15(9-17)19-12-16/h3,5-9,15H,1,4,10-12H2,2H3. The Morgan fingerprint density at radius 3 is 2.50 bits per heavy atom. The van der Waals surface area contributed by atoms with Crippen molar-refractivity contribution < 1.29 is 19.0 Å². The van der Waals surface area contributed by atoms with Gasteiger partial charge in [0.2, 0.25) is 6.29 Å². The van der Waals surface area contributed by atoms with Crippen LogP contribution in [0.15, 0.2) is 30.8 Å². The molecule has 1 fully saturated rings. The van der Waals surface area contributed by atoms with E-state index in [9.17, 15) is 4.79 Å². The van der Waals surface area contributed by atoms with Crippen molar-refractivity contribution in [2.75, 3.05) is 13.2 Å². The van der Waals surface area contributed by atoms with Crippen LogP contribution in [-0.4, -0.2) is 31.4 Å². The van der Waals surface area contributed by atoms with Gasteiger partial charge in [-0.05, 0) is 17.5 Å². The quantitative estimate of drug-likeness (QED) is 0.749. The van der Waals surface area contributed by atoms with Crippen LogP contribution in [0, 0.1) is 0 Å². The molecule has 2 rings (SSSR count). The van der Waals surface area contributed by atoms with Crippen LogP contribution in [-0.2, 0) is 25.6 Å². The van der Waals surface area contributed by atoms with E-state index in [0.29, 0.717) is 26.1 Å². The van der Waals surface area contributed by atoms with Gasteiger partial charge in [0.15, 0.2) is 6.29 Å². The summed E-state index contributed by atoms with van der Waals surface area (Å²) in [6, 6.07) is 8.03. The summed E-state index contributed by atoms with van der Waals surface area (Å²) in [6.07, 6.45) is 2.47. The second-order valence-electron chi connectivity index (χ2n) is 4.90. The van der Waals surface area contributed by atoms with Gasteiger partial charge >= 0.3 is 0 Å². The zero-order valence-electron chi connectivity index (χ0n) is 11.7. The van der Waals surface area contributed by atoms with E-state index in [4.69, 9.17) is 14.2 Å². The summed E-state index contributed by atoms with van der Waals surface area (Å²) in [5.41, 5.74) is 1.69. The molecular weight excluding hydrogens is 256 g/mol. The molecule has 0 N–H and O–H groups in total. The highest BCUT2D eigenvalue weighted by atomic mass is 16.7. The lowest BCUT2D eigenvalue weighted by Gasteiger charge is -2.37. The lowest BCUT2D eigenvalue weighted by atomic mass is 10.0. The number of carbonyl (C=O) groups is 1. The molecule has 1 heterocycles. The molecule has 0 aromatic heterocycles. The van der Waals surface area contributed by atoms with Crippen molar-refractivity contribution in [2.24, 2.45) is 0 Å². The van der Waals surface area contributed by atoms with Crippen LogP contribution < -0.4 is 0 Å². The predicted molar refractivity (Wildman–Crippen MR) is 76.1 cm³/mol. The minimum absolute atomic E-state index is 0.373. The maximum atomic E-state index is 10.6. The smallest absolute Gasteiger partial charge is 0.214 e. The second-order valence-corrected chi connectivity index (χ2v) is 4.90. The lowest BCUT2D eigenvalue weighted by molar-refractivity contribution is -0.256. The third-order valence-electron chi connectivity index (χ3n) is 3.54. The van der Waals surface area contributed by atoms with Gasteiger partial charge in [-0.3, -0.25) is 4.79 Å². The normalized spacial score (nSPS) is 26.1. The summed E-state index contributed by atoms with van der Waals surface area (Å²) in [4.78, 5) is 10.6. The molecule has 1 aromatic rings. The van der Waals surface area contributed by atoms with Gasteiger partial charge in [-0.15, -0.1) is 0 Å². The van der Waals surface area contributed by atoms with Crippen molar-refractivity contribution in [3.05, 3.63) is 42.0 Å². The number of rotatable bonds is 6. The van der Waals surface area contributed by atoms with Crippen molar-refractivity contribution in [1.29, 1.82) is 0 Å². The zero-order valence-corrected chi connectivity index (χ0v) is 11.7. The van der Waals surface area contributed by atoms with Gasteiger partial charge in [-0.1, -0.05) is 43.8 Å². The van der Waals surface area contributed by atoms with E-state index >= 15 is 0 Å². The number of benzene rings is 1. The maximum Gasteiger partial charge on any atom is 0.214 e. The minimum atomic E-state index is -0.759. The highest BCUT2D eigenvalue weighted by molar-refractivity contribution is 5.54. The van der Waals surface area contributed by atoms with Crippen molar-refractivity contribution in [3.8, 4) is 0 Å². The number of aldehydes is 1. The molecule has 0 spiro atoms. The van der Waals surface area contributed by atoms with Crippen LogP contribution >= 0.6 is 0 Å². The fraction of sp³-hybridized carbons (Fsp3) is 0.438. The number of ether oxygens (including phenoxy) is 3. The Morgan fingerprint density at radius 1 is 1.35 bits per heavy atom. The first-order chi connectivity index (χ1) is 9.71. The van der Waals surface area contributed by atoms with Gasteiger partial charge in [0.25, 0.3) is 0 Å². The van der Waals surface area contributed by atoms with Crippen molar-refractivity contribution >= 4 is 12.4 Å². The molecule has 1 saturated heterocycles. The molecule has 4 heteroatoms. The third kappa shape index (κ3) is 3.54. The van der Waals surface area contributed by atoms with Crippen LogP contribution in [0.25, 0.3) is 6.08 Å². The summed E-state index contributed by atoms with van der Waals surface area (Å²) in [5.74, 6) is 0. The van der Waals surface area contributed by atoms with E-state index in [-0.39, 0.29) is 0 Å². The fourth-order valence-corrected chi connectivity index (χ4v) is 2.01. The Labute approximate surface area is 119 Å². The molecule has 0 atom stereocenters. The monoisotopic (exact) mass is 276 g/mol. The number of hydrogen-bond acceptors (Lipinski definition) is 4.